The van der Waals surface area contributed by atoms with Crippen molar-refractivity contribution in [2.75, 3.05) is 0 Å². The predicted octanol–water partition coefficient (Wildman–Crippen LogP) is 1.83. The molecule has 0 aliphatic heterocycles. The molecule has 6 N–H and O–H groups in total. The summed E-state index contributed by atoms with van der Waals surface area (Å²) in [6, 6.07) is 13.3. The molecule has 168 valence electrons. The van der Waals surface area contributed by atoms with Crippen LogP contribution in [0.3, 0.4) is 0 Å². The van der Waals surface area contributed by atoms with Gasteiger partial charge >= 0.3 is 5.97 Å². The van der Waals surface area contributed by atoms with Gasteiger partial charge in [-0.1, -0.05) is 30.3 Å². The Hall–Kier alpha value is -4.47. The molecule has 0 fully saturated rings. The fourth-order valence-electron chi connectivity index (χ4n) is 3.57. The zero-order valence-electron chi connectivity index (χ0n) is 17.9. The number of carbonyl (C=O) groups excluding carboxylic acids is 1. The molecule has 4 rings (SSSR count). The number of amides is 1. The Bertz CT molecular complexity index is 1340. The molecule has 1 amide bonds. The summed E-state index contributed by atoms with van der Waals surface area (Å²) in [5.41, 5.74) is 9.65. The molecule has 0 aliphatic rings. The number of amidine groups is 1. The summed E-state index contributed by atoms with van der Waals surface area (Å²) in [5.74, 6) is -1.04. The van der Waals surface area contributed by atoms with E-state index in [1.807, 2.05) is 37.3 Å². The third-order valence-electron chi connectivity index (χ3n) is 5.35. The number of carboxylic acid groups (broad SMARTS) is 1. The highest BCUT2D eigenvalue weighted by atomic mass is 16.4. The van der Waals surface area contributed by atoms with Crippen molar-refractivity contribution in [3.05, 3.63) is 71.7 Å². The molecule has 2 aromatic carbocycles. The lowest BCUT2D eigenvalue weighted by Gasteiger charge is -2.15. The van der Waals surface area contributed by atoms with Crippen LogP contribution in [-0.2, 0) is 22.6 Å². The maximum absolute atomic E-state index is 12.6. The fourth-order valence-corrected chi connectivity index (χ4v) is 3.57. The first-order valence-electron chi connectivity index (χ1n) is 10.2. The summed E-state index contributed by atoms with van der Waals surface area (Å²) in [5, 5.41) is 19.7. The number of aromatic nitrogens is 4. The Kier molecular flexibility index (Phi) is 5.90. The Morgan fingerprint density at radius 2 is 2.00 bits per heavy atom. The summed E-state index contributed by atoms with van der Waals surface area (Å²) < 4.78 is 1.64. The largest absolute Gasteiger partial charge is 0.480 e. The molecule has 33 heavy (non-hydrogen) atoms. The monoisotopic (exact) mass is 445 g/mol. The standard InChI is InChI=1S/C23H23N7O3/c1-13-20(22-28-16-8-7-15(21(24)25)10-17(16)29-22)26-12-30(13)11-19(31)27-18(23(32)33)9-14-5-3-2-4-6-14/h2-8,10,12,18H,9,11H2,1H3,(H3,24,25)(H,27,31)(H,28,29)(H,32,33). The topological polar surface area (TPSA) is 163 Å². The molecular weight excluding hydrogens is 422 g/mol. The summed E-state index contributed by atoms with van der Waals surface area (Å²) in [4.78, 5) is 36.3. The molecule has 10 heteroatoms. The summed E-state index contributed by atoms with van der Waals surface area (Å²) in [7, 11) is 0. The van der Waals surface area contributed by atoms with Gasteiger partial charge in [0.1, 0.15) is 24.1 Å². The highest BCUT2D eigenvalue weighted by Gasteiger charge is 2.21. The van der Waals surface area contributed by atoms with Crippen LogP contribution in [-0.4, -0.2) is 48.4 Å². The van der Waals surface area contributed by atoms with E-state index in [1.165, 1.54) is 6.33 Å². The number of benzene rings is 2. The minimum Gasteiger partial charge on any atom is -0.480 e. The molecule has 1 atom stereocenters. The maximum atomic E-state index is 12.6. The highest BCUT2D eigenvalue weighted by Crippen LogP contribution is 2.23. The van der Waals surface area contributed by atoms with Crippen molar-refractivity contribution in [1.82, 2.24) is 24.8 Å². The molecule has 0 spiro atoms. The molecule has 10 nitrogen and oxygen atoms in total. The average molecular weight is 445 g/mol. The SMILES string of the molecule is Cc1c(-c2nc3ccc(C(=N)N)cc3[nH]2)ncn1CC(=O)NC(Cc1ccccc1)C(=O)O. The number of aromatic amines is 1. The van der Waals surface area contributed by atoms with Crippen LogP contribution in [0.15, 0.2) is 54.9 Å². The van der Waals surface area contributed by atoms with E-state index in [2.05, 4.69) is 20.3 Å². The zero-order valence-corrected chi connectivity index (χ0v) is 17.9. The van der Waals surface area contributed by atoms with Crippen LogP contribution < -0.4 is 11.1 Å². The number of hydrogen-bond acceptors (Lipinski definition) is 5. The van der Waals surface area contributed by atoms with E-state index in [0.29, 0.717) is 28.3 Å². The van der Waals surface area contributed by atoms with E-state index >= 15 is 0 Å². The predicted molar refractivity (Wildman–Crippen MR) is 123 cm³/mol. The molecule has 0 aliphatic carbocycles. The minimum atomic E-state index is -1.09. The summed E-state index contributed by atoms with van der Waals surface area (Å²) in [6.07, 6.45) is 1.71. The van der Waals surface area contributed by atoms with Crippen LogP contribution >= 0.6 is 0 Å². The molecule has 2 aromatic heterocycles. The third kappa shape index (κ3) is 4.74. The van der Waals surface area contributed by atoms with Gasteiger partial charge in [-0.3, -0.25) is 10.2 Å². The van der Waals surface area contributed by atoms with E-state index in [-0.39, 0.29) is 18.8 Å². The lowest BCUT2D eigenvalue weighted by atomic mass is 10.1. The zero-order chi connectivity index (χ0) is 23.5. The number of hydrogen-bond donors (Lipinski definition) is 5. The number of nitrogens with one attached hydrogen (secondary N) is 3. The number of fused-ring (bicyclic) bond motifs is 1. The van der Waals surface area contributed by atoms with Crippen molar-refractivity contribution in [3.8, 4) is 11.5 Å². The lowest BCUT2D eigenvalue weighted by molar-refractivity contribution is -0.141. The molecule has 4 aromatic rings. The molecule has 0 radical (unpaired) electrons. The van der Waals surface area contributed by atoms with Gasteiger partial charge in [-0.25, -0.2) is 14.8 Å². The molecular formula is C23H23N7O3. The number of carbonyl (C=O) groups is 2. The molecule has 0 saturated heterocycles. The van der Waals surface area contributed by atoms with Crippen LogP contribution in [0.1, 0.15) is 16.8 Å². The lowest BCUT2D eigenvalue weighted by Crippen LogP contribution is -2.43. The van der Waals surface area contributed by atoms with Crippen LogP contribution in [0.25, 0.3) is 22.6 Å². The Balaban J connectivity index is 1.49. The first kappa shape index (κ1) is 21.8. The Morgan fingerprint density at radius 3 is 2.70 bits per heavy atom. The first-order valence-corrected chi connectivity index (χ1v) is 10.2. The van der Waals surface area contributed by atoms with Gasteiger partial charge < -0.3 is 25.7 Å². The van der Waals surface area contributed by atoms with Crippen LogP contribution in [0.2, 0.25) is 0 Å². The van der Waals surface area contributed by atoms with Gasteiger partial charge in [0, 0.05) is 17.7 Å². The van der Waals surface area contributed by atoms with E-state index in [4.69, 9.17) is 11.1 Å². The number of aliphatic carboxylic acids is 1. The average Bonchev–Trinajstić information content (AvgIpc) is 3.36. The van der Waals surface area contributed by atoms with Gasteiger partial charge in [-0.2, -0.15) is 0 Å². The Labute approximate surface area is 189 Å². The van der Waals surface area contributed by atoms with E-state index in [1.54, 1.807) is 22.8 Å². The minimum absolute atomic E-state index is 0.0357. The van der Waals surface area contributed by atoms with Crippen molar-refractivity contribution in [2.24, 2.45) is 5.73 Å². The second-order valence-corrected chi connectivity index (χ2v) is 7.69. The van der Waals surface area contributed by atoms with Crippen molar-refractivity contribution >= 4 is 28.7 Å². The number of nitrogen functional groups attached to an aromatic ring is 1. The summed E-state index contributed by atoms with van der Waals surface area (Å²) >= 11 is 0. The van der Waals surface area contributed by atoms with Crippen molar-refractivity contribution in [2.45, 2.75) is 25.9 Å². The number of nitrogens with zero attached hydrogens (tertiary/aromatic N) is 3. The van der Waals surface area contributed by atoms with Crippen molar-refractivity contribution in [3.63, 3.8) is 0 Å². The Morgan fingerprint density at radius 1 is 1.24 bits per heavy atom. The van der Waals surface area contributed by atoms with E-state index in [0.717, 1.165) is 11.1 Å². The van der Waals surface area contributed by atoms with Crippen LogP contribution in [0.4, 0.5) is 0 Å². The van der Waals surface area contributed by atoms with Gasteiger partial charge in [-0.15, -0.1) is 0 Å². The van der Waals surface area contributed by atoms with E-state index < -0.39 is 17.9 Å². The molecule has 1 unspecified atom stereocenters. The number of nitrogens with two attached hydrogens (primary N) is 1. The van der Waals surface area contributed by atoms with Crippen molar-refractivity contribution in [1.29, 1.82) is 5.41 Å². The number of imidazole rings is 2. The smallest absolute Gasteiger partial charge is 0.326 e. The van der Waals surface area contributed by atoms with Crippen molar-refractivity contribution < 1.29 is 14.7 Å². The van der Waals surface area contributed by atoms with Crippen LogP contribution in [0, 0.1) is 12.3 Å². The molecule has 0 saturated carbocycles. The fraction of sp³-hybridized carbons (Fsp3) is 0.174. The van der Waals surface area contributed by atoms with Gasteiger partial charge in [-0.05, 0) is 30.7 Å². The van der Waals surface area contributed by atoms with Gasteiger partial charge in [0.25, 0.3) is 0 Å². The highest BCUT2D eigenvalue weighted by molar-refractivity contribution is 5.98. The maximum Gasteiger partial charge on any atom is 0.326 e. The number of H-pyrrole nitrogens is 1. The first-order chi connectivity index (χ1) is 15.8. The number of carboxylic acids is 1. The number of rotatable bonds is 8. The molecule has 0 bridgehead atoms. The normalized spacial score (nSPS) is 11.9. The summed E-state index contributed by atoms with van der Waals surface area (Å²) in [6.45, 7) is 1.73. The van der Waals surface area contributed by atoms with Gasteiger partial charge in [0.2, 0.25) is 5.91 Å². The van der Waals surface area contributed by atoms with E-state index in [9.17, 15) is 14.7 Å². The third-order valence-corrected chi connectivity index (χ3v) is 5.35. The quantitative estimate of drug-likeness (QED) is 0.205. The second kappa shape index (κ2) is 8.95. The van der Waals surface area contributed by atoms with Gasteiger partial charge in [0.15, 0.2) is 5.82 Å². The second-order valence-electron chi connectivity index (χ2n) is 7.69. The molecule has 2 heterocycles. The van der Waals surface area contributed by atoms with Crippen LogP contribution in [0.5, 0.6) is 0 Å². The van der Waals surface area contributed by atoms with Gasteiger partial charge in [0.05, 0.1) is 17.4 Å².